The topological polar surface area (TPSA) is 58.6 Å². The standard InChI is InChI=1S/C15H17NO3S2/c1-15(18,11-3-5-20-8-11)9-16-14(17)13-6-10-7-19-4-2-12(10)21-13/h3,5-6,8,18H,2,4,7,9H2,1H3,(H,16,17). The van der Waals surface area contributed by atoms with Gasteiger partial charge in [-0.2, -0.15) is 11.3 Å². The lowest BCUT2D eigenvalue weighted by Crippen LogP contribution is -2.38. The molecule has 1 aliphatic heterocycles. The zero-order chi connectivity index (χ0) is 14.9. The molecule has 0 aromatic carbocycles. The van der Waals surface area contributed by atoms with Gasteiger partial charge >= 0.3 is 0 Å². The van der Waals surface area contributed by atoms with Gasteiger partial charge in [0.1, 0.15) is 5.60 Å². The molecule has 1 unspecified atom stereocenters. The number of carbonyl (C=O) groups excluding carboxylic acids is 1. The minimum Gasteiger partial charge on any atom is -0.384 e. The summed E-state index contributed by atoms with van der Waals surface area (Å²) in [6.45, 7) is 3.22. The van der Waals surface area contributed by atoms with Crippen LogP contribution < -0.4 is 5.32 Å². The zero-order valence-corrected chi connectivity index (χ0v) is 13.4. The summed E-state index contributed by atoms with van der Waals surface area (Å²) in [7, 11) is 0. The maximum Gasteiger partial charge on any atom is 0.261 e. The number of fused-ring (bicyclic) bond motifs is 1. The average Bonchev–Trinajstić information content (AvgIpc) is 3.13. The van der Waals surface area contributed by atoms with Gasteiger partial charge in [0.2, 0.25) is 0 Å². The van der Waals surface area contributed by atoms with Crippen LogP contribution in [-0.4, -0.2) is 24.2 Å². The predicted octanol–water partition coefficient (Wildman–Crippen LogP) is 2.52. The lowest BCUT2D eigenvalue weighted by atomic mass is 9.99. The molecule has 1 atom stereocenters. The van der Waals surface area contributed by atoms with Crippen LogP contribution in [0.1, 0.15) is 32.6 Å². The highest BCUT2D eigenvalue weighted by molar-refractivity contribution is 7.14. The van der Waals surface area contributed by atoms with Crippen LogP contribution in [0.4, 0.5) is 0 Å². The predicted molar refractivity (Wildman–Crippen MR) is 83.9 cm³/mol. The fraction of sp³-hybridized carbons (Fsp3) is 0.400. The fourth-order valence-electron chi connectivity index (χ4n) is 2.27. The van der Waals surface area contributed by atoms with E-state index in [4.69, 9.17) is 4.74 Å². The molecule has 21 heavy (non-hydrogen) atoms. The molecular weight excluding hydrogens is 306 g/mol. The summed E-state index contributed by atoms with van der Waals surface area (Å²) in [5, 5.41) is 17.0. The Balaban J connectivity index is 1.65. The van der Waals surface area contributed by atoms with Crippen LogP contribution in [0.25, 0.3) is 0 Å². The van der Waals surface area contributed by atoms with Gasteiger partial charge in [0.15, 0.2) is 0 Å². The van der Waals surface area contributed by atoms with Crippen molar-refractivity contribution in [2.75, 3.05) is 13.2 Å². The van der Waals surface area contributed by atoms with E-state index in [1.54, 1.807) is 6.92 Å². The molecule has 2 aromatic heterocycles. The third-order valence-corrected chi connectivity index (χ3v) is 5.51. The molecule has 0 spiro atoms. The Kier molecular flexibility index (Phi) is 4.12. The fourth-order valence-corrected chi connectivity index (χ4v) is 4.12. The van der Waals surface area contributed by atoms with Crippen molar-refractivity contribution < 1.29 is 14.6 Å². The first kappa shape index (κ1) is 14.7. The molecule has 2 aromatic rings. The Labute approximate surface area is 131 Å². The Morgan fingerprint density at radius 3 is 3.14 bits per heavy atom. The monoisotopic (exact) mass is 323 g/mol. The second-order valence-corrected chi connectivity index (χ2v) is 7.25. The molecule has 4 nitrogen and oxygen atoms in total. The van der Waals surface area contributed by atoms with Crippen molar-refractivity contribution in [3.05, 3.63) is 43.8 Å². The van der Waals surface area contributed by atoms with Gasteiger partial charge in [0, 0.05) is 11.3 Å². The number of rotatable bonds is 4. The second-order valence-electron chi connectivity index (χ2n) is 5.33. The van der Waals surface area contributed by atoms with Crippen LogP contribution >= 0.6 is 22.7 Å². The lowest BCUT2D eigenvalue weighted by molar-refractivity contribution is 0.0531. The van der Waals surface area contributed by atoms with Crippen LogP contribution in [-0.2, 0) is 23.4 Å². The van der Waals surface area contributed by atoms with Crippen LogP contribution in [0.3, 0.4) is 0 Å². The summed E-state index contributed by atoms with van der Waals surface area (Å²) in [5.41, 5.74) is 0.892. The maximum atomic E-state index is 12.2. The highest BCUT2D eigenvalue weighted by Gasteiger charge is 2.25. The summed E-state index contributed by atoms with van der Waals surface area (Å²) in [4.78, 5) is 14.1. The van der Waals surface area contributed by atoms with Gasteiger partial charge in [0.05, 0.1) is 24.6 Å². The minimum atomic E-state index is -1.05. The van der Waals surface area contributed by atoms with Crippen LogP contribution in [0, 0.1) is 0 Å². The van der Waals surface area contributed by atoms with Crippen molar-refractivity contribution in [3.63, 3.8) is 0 Å². The molecule has 0 aliphatic carbocycles. The summed E-state index contributed by atoms with van der Waals surface area (Å²) < 4.78 is 5.39. The van der Waals surface area contributed by atoms with Crippen molar-refractivity contribution in [1.29, 1.82) is 0 Å². The molecular formula is C15H17NO3S2. The van der Waals surface area contributed by atoms with E-state index in [1.165, 1.54) is 27.6 Å². The maximum absolute atomic E-state index is 12.2. The van der Waals surface area contributed by atoms with E-state index in [1.807, 2.05) is 22.9 Å². The van der Waals surface area contributed by atoms with E-state index in [-0.39, 0.29) is 12.5 Å². The van der Waals surface area contributed by atoms with Crippen LogP contribution in [0.5, 0.6) is 0 Å². The van der Waals surface area contributed by atoms with Crippen molar-refractivity contribution in [2.24, 2.45) is 0 Å². The van der Waals surface area contributed by atoms with Crippen molar-refractivity contribution in [2.45, 2.75) is 25.6 Å². The molecule has 0 fully saturated rings. The van der Waals surface area contributed by atoms with Crippen LogP contribution in [0.15, 0.2) is 22.9 Å². The van der Waals surface area contributed by atoms with Gasteiger partial charge in [-0.05, 0) is 40.9 Å². The van der Waals surface area contributed by atoms with Gasteiger partial charge in [0.25, 0.3) is 5.91 Å². The van der Waals surface area contributed by atoms with E-state index in [9.17, 15) is 9.90 Å². The molecule has 0 bridgehead atoms. The number of thiophene rings is 2. The number of hydrogen-bond donors (Lipinski definition) is 2. The SMILES string of the molecule is CC(O)(CNC(=O)c1cc2c(s1)CCOC2)c1ccsc1. The quantitative estimate of drug-likeness (QED) is 0.909. The van der Waals surface area contributed by atoms with E-state index in [2.05, 4.69) is 5.32 Å². The highest BCUT2D eigenvalue weighted by Crippen LogP contribution is 2.27. The highest BCUT2D eigenvalue weighted by atomic mass is 32.1. The summed E-state index contributed by atoms with van der Waals surface area (Å²) in [6.07, 6.45) is 0.875. The Morgan fingerprint density at radius 1 is 1.57 bits per heavy atom. The Hall–Kier alpha value is -1.21. The van der Waals surface area contributed by atoms with E-state index < -0.39 is 5.60 Å². The normalized spacial score (nSPS) is 17.0. The molecule has 2 N–H and O–H groups in total. The first-order chi connectivity index (χ1) is 10.1. The molecule has 3 heterocycles. The summed E-state index contributed by atoms with van der Waals surface area (Å²) in [5.74, 6) is -0.134. The van der Waals surface area contributed by atoms with Crippen molar-refractivity contribution >= 4 is 28.6 Å². The Morgan fingerprint density at radius 2 is 2.43 bits per heavy atom. The van der Waals surface area contributed by atoms with Gasteiger partial charge in [-0.15, -0.1) is 11.3 Å². The number of hydrogen-bond acceptors (Lipinski definition) is 5. The van der Waals surface area contributed by atoms with Gasteiger partial charge in [-0.25, -0.2) is 0 Å². The number of amides is 1. The summed E-state index contributed by atoms with van der Waals surface area (Å²) in [6, 6.07) is 3.77. The largest absolute Gasteiger partial charge is 0.384 e. The molecule has 112 valence electrons. The molecule has 1 amide bonds. The average molecular weight is 323 g/mol. The first-order valence-corrected chi connectivity index (χ1v) is 8.55. The molecule has 0 saturated carbocycles. The third kappa shape index (κ3) is 3.18. The number of carbonyl (C=O) groups is 1. The molecule has 0 saturated heterocycles. The number of ether oxygens (including phenoxy) is 1. The van der Waals surface area contributed by atoms with Gasteiger partial charge in [-0.3, -0.25) is 4.79 Å². The summed E-state index contributed by atoms with van der Waals surface area (Å²) >= 11 is 3.05. The van der Waals surface area contributed by atoms with Crippen molar-refractivity contribution in [3.8, 4) is 0 Å². The zero-order valence-electron chi connectivity index (χ0n) is 11.7. The first-order valence-electron chi connectivity index (χ1n) is 6.79. The third-order valence-electron chi connectivity index (χ3n) is 3.59. The minimum absolute atomic E-state index is 0.134. The second kappa shape index (κ2) is 5.88. The van der Waals surface area contributed by atoms with Gasteiger partial charge < -0.3 is 15.2 Å². The Bertz CT molecular complexity index is 608. The lowest BCUT2D eigenvalue weighted by Gasteiger charge is -2.22. The van der Waals surface area contributed by atoms with Crippen molar-refractivity contribution in [1.82, 2.24) is 5.32 Å². The van der Waals surface area contributed by atoms with E-state index in [0.29, 0.717) is 11.5 Å². The molecule has 6 heteroatoms. The number of nitrogens with one attached hydrogen (secondary N) is 1. The molecule has 1 aliphatic rings. The smallest absolute Gasteiger partial charge is 0.261 e. The molecule has 3 rings (SSSR count). The molecule has 0 radical (unpaired) electrons. The number of aliphatic hydroxyl groups is 1. The van der Waals surface area contributed by atoms with E-state index in [0.717, 1.165) is 24.2 Å². The van der Waals surface area contributed by atoms with E-state index >= 15 is 0 Å². The van der Waals surface area contributed by atoms with Crippen LogP contribution in [0.2, 0.25) is 0 Å². The van der Waals surface area contributed by atoms with Gasteiger partial charge in [-0.1, -0.05) is 0 Å².